The number of aryl methyl sites for hydroxylation is 2. The predicted molar refractivity (Wildman–Crippen MR) is 74.7 cm³/mol. The van der Waals surface area contributed by atoms with Crippen LogP contribution in [-0.4, -0.2) is 19.3 Å². The lowest BCUT2D eigenvalue weighted by Crippen LogP contribution is -1.94. The molecule has 0 radical (unpaired) electrons. The molecule has 0 bridgehead atoms. The molecule has 0 atom stereocenters. The maximum atomic E-state index is 9.14. The fourth-order valence-corrected chi connectivity index (χ4v) is 2.57. The number of hydrogen-bond acceptors (Lipinski definition) is 3. The molecule has 0 saturated carbocycles. The molecule has 19 heavy (non-hydrogen) atoms. The van der Waals surface area contributed by atoms with Crippen LogP contribution in [0.15, 0.2) is 24.4 Å². The van der Waals surface area contributed by atoms with E-state index >= 15 is 0 Å². The highest BCUT2D eigenvalue weighted by atomic mass is 32.1. The smallest absolute Gasteiger partial charge is 0.182 e. The molecule has 0 aliphatic rings. The third-order valence-corrected chi connectivity index (χ3v) is 3.35. The van der Waals surface area contributed by atoms with Crippen LogP contribution in [0.2, 0.25) is 0 Å². The van der Waals surface area contributed by atoms with Crippen LogP contribution in [0.5, 0.6) is 0 Å². The van der Waals surface area contributed by atoms with Gasteiger partial charge in [-0.15, -0.1) is 0 Å². The first-order chi connectivity index (χ1) is 9.11. The Kier molecular flexibility index (Phi) is 2.50. The molecule has 3 aromatic rings. The summed E-state index contributed by atoms with van der Waals surface area (Å²) in [4.78, 5) is 3.10. The van der Waals surface area contributed by atoms with Crippen LogP contribution in [-0.2, 0) is 7.05 Å². The van der Waals surface area contributed by atoms with Crippen molar-refractivity contribution in [2.45, 2.75) is 6.92 Å². The van der Waals surface area contributed by atoms with Gasteiger partial charge >= 0.3 is 0 Å². The van der Waals surface area contributed by atoms with Crippen LogP contribution >= 0.6 is 12.2 Å². The van der Waals surface area contributed by atoms with Gasteiger partial charge in [0, 0.05) is 13.2 Å². The monoisotopic (exact) mass is 269 g/mol. The van der Waals surface area contributed by atoms with Crippen LogP contribution < -0.4 is 0 Å². The van der Waals surface area contributed by atoms with Gasteiger partial charge in [-0.1, -0.05) is 6.07 Å². The van der Waals surface area contributed by atoms with Crippen LogP contribution in [0, 0.1) is 23.0 Å². The molecule has 0 aliphatic carbocycles. The Morgan fingerprint density at radius 3 is 2.84 bits per heavy atom. The van der Waals surface area contributed by atoms with Crippen molar-refractivity contribution in [1.29, 1.82) is 5.26 Å². The summed E-state index contributed by atoms with van der Waals surface area (Å²) < 4.78 is 4.22. The van der Waals surface area contributed by atoms with Gasteiger partial charge in [0.1, 0.15) is 6.07 Å². The fourth-order valence-electron chi connectivity index (χ4n) is 2.27. The number of rotatable bonds is 1. The van der Waals surface area contributed by atoms with Crippen LogP contribution in [0.25, 0.3) is 16.7 Å². The number of nitrogens with zero attached hydrogens (tertiary/aromatic N) is 4. The van der Waals surface area contributed by atoms with Crippen LogP contribution in [0.3, 0.4) is 0 Å². The number of H-pyrrole nitrogens is 1. The number of nitrogens with one attached hydrogen (secondary N) is 1. The van der Waals surface area contributed by atoms with Crippen molar-refractivity contribution in [2.24, 2.45) is 7.05 Å². The lowest BCUT2D eigenvalue weighted by molar-refractivity contribution is 0.756. The van der Waals surface area contributed by atoms with Crippen LogP contribution in [0.4, 0.5) is 0 Å². The topological polar surface area (TPSA) is 62.3 Å². The number of para-hydroxylation sites is 1. The number of fused-ring (bicyclic) bond motifs is 1. The minimum Gasteiger partial charge on any atom is -0.329 e. The Balaban J connectivity index is 2.43. The Labute approximate surface area is 114 Å². The largest absolute Gasteiger partial charge is 0.329 e. The zero-order valence-corrected chi connectivity index (χ0v) is 11.3. The average molecular weight is 269 g/mol. The third-order valence-electron chi connectivity index (χ3n) is 3.07. The zero-order valence-electron chi connectivity index (χ0n) is 10.5. The van der Waals surface area contributed by atoms with Gasteiger partial charge in [0.05, 0.1) is 28.0 Å². The van der Waals surface area contributed by atoms with E-state index in [0.29, 0.717) is 10.3 Å². The molecular weight excluding hydrogens is 258 g/mol. The third kappa shape index (κ3) is 1.67. The summed E-state index contributed by atoms with van der Waals surface area (Å²) in [6.07, 6.45) is 1.91. The van der Waals surface area contributed by atoms with Crippen molar-refractivity contribution in [2.75, 3.05) is 0 Å². The summed E-state index contributed by atoms with van der Waals surface area (Å²) in [6, 6.07) is 7.73. The summed E-state index contributed by atoms with van der Waals surface area (Å²) in [5.74, 6) is 0. The molecule has 6 heteroatoms. The summed E-state index contributed by atoms with van der Waals surface area (Å²) >= 11 is 5.37. The van der Waals surface area contributed by atoms with E-state index in [9.17, 15) is 0 Å². The van der Waals surface area contributed by atoms with Gasteiger partial charge in [-0.2, -0.15) is 10.4 Å². The minimum atomic E-state index is 0.564. The van der Waals surface area contributed by atoms with E-state index in [0.717, 1.165) is 22.4 Å². The molecule has 0 amide bonds. The van der Waals surface area contributed by atoms with Gasteiger partial charge in [0.2, 0.25) is 0 Å². The highest BCUT2D eigenvalue weighted by Crippen LogP contribution is 2.23. The maximum Gasteiger partial charge on any atom is 0.182 e. The predicted octanol–water partition coefficient (Wildman–Crippen LogP) is 2.60. The van der Waals surface area contributed by atoms with E-state index < -0.39 is 0 Å². The lowest BCUT2D eigenvalue weighted by Gasteiger charge is -2.02. The Morgan fingerprint density at radius 2 is 2.21 bits per heavy atom. The maximum absolute atomic E-state index is 9.14. The van der Waals surface area contributed by atoms with Crippen molar-refractivity contribution in [3.05, 3.63) is 40.4 Å². The summed E-state index contributed by atoms with van der Waals surface area (Å²) in [5, 5.41) is 13.5. The highest BCUT2D eigenvalue weighted by molar-refractivity contribution is 7.71. The van der Waals surface area contributed by atoms with E-state index in [1.54, 1.807) is 10.7 Å². The molecule has 0 spiro atoms. The van der Waals surface area contributed by atoms with Crippen molar-refractivity contribution in [3.8, 4) is 11.8 Å². The molecule has 5 nitrogen and oxygen atoms in total. The van der Waals surface area contributed by atoms with E-state index in [1.165, 1.54) is 0 Å². The molecule has 0 unspecified atom stereocenters. The standard InChI is InChI=1S/C13H11N5S/c1-8-11(7-17(2)16-8)18-10-5-3-4-9(6-14)12(10)15-13(18)19/h3-5,7H,1-2H3,(H,15,19). The summed E-state index contributed by atoms with van der Waals surface area (Å²) in [7, 11) is 1.87. The molecule has 0 fully saturated rings. The number of aromatic amines is 1. The molecule has 3 rings (SSSR count). The average Bonchev–Trinajstić information content (AvgIpc) is 2.87. The fraction of sp³-hybridized carbons (Fsp3) is 0.154. The van der Waals surface area contributed by atoms with Gasteiger partial charge in [-0.3, -0.25) is 9.25 Å². The molecule has 0 saturated heterocycles. The Morgan fingerprint density at radius 1 is 1.42 bits per heavy atom. The Bertz CT molecular complexity index is 875. The second-order valence-corrected chi connectivity index (χ2v) is 4.74. The second kappa shape index (κ2) is 4.07. The molecule has 1 aromatic carbocycles. The molecule has 1 N–H and O–H groups in total. The van der Waals surface area contributed by atoms with Gasteiger partial charge in [-0.05, 0) is 31.3 Å². The van der Waals surface area contributed by atoms with Crippen LogP contribution in [0.1, 0.15) is 11.3 Å². The normalized spacial score (nSPS) is 10.8. The van der Waals surface area contributed by atoms with Gasteiger partial charge in [0.25, 0.3) is 0 Å². The molecule has 0 aliphatic heterocycles. The number of benzene rings is 1. The van der Waals surface area contributed by atoms with E-state index in [4.69, 9.17) is 17.5 Å². The first-order valence-corrected chi connectivity index (χ1v) is 6.17. The number of nitriles is 1. The zero-order chi connectivity index (χ0) is 13.6. The van der Waals surface area contributed by atoms with Crippen molar-refractivity contribution in [3.63, 3.8) is 0 Å². The van der Waals surface area contributed by atoms with Crippen molar-refractivity contribution >= 4 is 23.3 Å². The number of imidazole rings is 1. The highest BCUT2D eigenvalue weighted by Gasteiger charge is 2.13. The molecule has 2 heterocycles. The minimum absolute atomic E-state index is 0.564. The van der Waals surface area contributed by atoms with E-state index in [2.05, 4.69) is 16.2 Å². The molecule has 94 valence electrons. The first kappa shape index (κ1) is 11.7. The Hall–Kier alpha value is -2.39. The molecular formula is C13H11N5S. The summed E-state index contributed by atoms with van der Waals surface area (Å²) in [5.41, 5.74) is 4.05. The second-order valence-electron chi connectivity index (χ2n) is 4.35. The van der Waals surface area contributed by atoms with E-state index in [-0.39, 0.29) is 0 Å². The first-order valence-electron chi connectivity index (χ1n) is 5.76. The van der Waals surface area contributed by atoms with Gasteiger partial charge < -0.3 is 4.98 Å². The lowest BCUT2D eigenvalue weighted by atomic mass is 10.2. The van der Waals surface area contributed by atoms with Gasteiger partial charge in [0.15, 0.2) is 4.77 Å². The van der Waals surface area contributed by atoms with Gasteiger partial charge in [-0.25, -0.2) is 0 Å². The van der Waals surface area contributed by atoms with Crippen molar-refractivity contribution < 1.29 is 0 Å². The van der Waals surface area contributed by atoms with E-state index in [1.807, 2.05) is 36.9 Å². The number of hydrogen-bond donors (Lipinski definition) is 1. The quantitative estimate of drug-likeness (QED) is 0.691. The van der Waals surface area contributed by atoms with Crippen molar-refractivity contribution in [1.82, 2.24) is 19.3 Å². The SMILES string of the molecule is Cc1nn(C)cc1-n1c(=S)[nH]c2c(C#N)cccc21. The molecule has 2 aromatic heterocycles. The summed E-state index contributed by atoms with van der Waals surface area (Å²) in [6.45, 7) is 1.93. The number of aromatic nitrogens is 4.